The third-order valence-electron chi connectivity index (χ3n) is 5.69. The fourth-order valence-corrected chi connectivity index (χ4v) is 5.26. The number of amides is 1. The van der Waals surface area contributed by atoms with Gasteiger partial charge in [-0.15, -0.1) is 0 Å². The number of aromatic nitrogens is 1. The normalized spacial score (nSPS) is 17.5. The summed E-state index contributed by atoms with van der Waals surface area (Å²) < 4.78 is 1.99. The number of thioether (sulfide) groups is 1. The molecule has 0 saturated carbocycles. The lowest BCUT2D eigenvalue weighted by Crippen LogP contribution is -2.33. The van der Waals surface area contributed by atoms with E-state index in [1.807, 2.05) is 6.92 Å². The molecule has 2 fully saturated rings. The molecule has 2 aliphatic rings. The number of thiocarbonyl (C=S) groups is 1. The lowest BCUT2D eigenvalue weighted by molar-refractivity contribution is -0.137. The quantitative estimate of drug-likeness (QED) is 0.452. The van der Waals surface area contributed by atoms with Crippen molar-refractivity contribution in [3.63, 3.8) is 0 Å². The first-order valence-corrected chi connectivity index (χ1v) is 11.9. The number of pyridine rings is 1. The summed E-state index contributed by atoms with van der Waals surface area (Å²) in [6.07, 6.45) is 5.24. The fraction of sp³-hybridized carbons (Fsp3) is 0.500. The smallest absolute Gasteiger partial charge is 0.305 e. The molecule has 2 aliphatic heterocycles. The highest BCUT2D eigenvalue weighted by Gasteiger charge is 2.33. The lowest BCUT2D eigenvalue weighted by Gasteiger charge is -2.27. The Bertz CT molecular complexity index is 1080. The minimum atomic E-state index is -1.00. The third kappa shape index (κ3) is 4.74. The molecule has 8 nitrogen and oxygen atoms in total. The van der Waals surface area contributed by atoms with Crippen LogP contribution in [0.25, 0.3) is 6.08 Å². The zero-order chi connectivity index (χ0) is 23.4. The van der Waals surface area contributed by atoms with Crippen molar-refractivity contribution in [3.05, 3.63) is 31.9 Å². The van der Waals surface area contributed by atoms with Gasteiger partial charge in [0, 0.05) is 31.7 Å². The topological polar surface area (TPSA) is 107 Å². The summed E-state index contributed by atoms with van der Waals surface area (Å²) in [6.45, 7) is 5.89. The number of hydrogen-bond acceptors (Lipinski definition) is 7. The summed E-state index contributed by atoms with van der Waals surface area (Å²) in [7, 11) is 0. The SMILES string of the molecule is CCCCn1c(N2CCCC2)c(C=C2SC(=S)N(CCC(=O)O)C2=O)c(C)c(C#N)c1=O. The maximum atomic E-state index is 13.1. The fourth-order valence-electron chi connectivity index (χ4n) is 3.97. The molecule has 0 radical (unpaired) electrons. The number of carboxylic acids is 1. The van der Waals surface area contributed by atoms with Crippen LogP contribution in [0.4, 0.5) is 5.82 Å². The predicted octanol–water partition coefficient (Wildman–Crippen LogP) is 3.10. The van der Waals surface area contributed by atoms with Gasteiger partial charge in [0.15, 0.2) is 0 Å². The molecule has 1 aromatic heterocycles. The van der Waals surface area contributed by atoms with E-state index in [9.17, 15) is 19.6 Å². The molecule has 32 heavy (non-hydrogen) atoms. The van der Waals surface area contributed by atoms with Gasteiger partial charge in [-0.2, -0.15) is 5.26 Å². The van der Waals surface area contributed by atoms with Gasteiger partial charge in [-0.1, -0.05) is 37.3 Å². The van der Waals surface area contributed by atoms with E-state index in [1.54, 1.807) is 17.6 Å². The number of hydrogen-bond donors (Lipinski definition) is 1. The van der Waals surface area contributed by atoms with Crippen LogP contribution in [0.2, 0.25) is 0 Å². The Balaban J connectivity index is 2.15. The van der Waals surface area contributed by atoms with Gasteiger partial charge in [0.1, 0.15) is 21.8 Å². The van der Waals surface area contributed by atoms with Gasteiger partial charge >= 0.3 is 5.97 Å². The van der Waals surface area contributed by atoms with Crippen LogP contribution in [0.15, 0.2) is 9.70 Å². The van der Waals surface area contributed by atoms with E-state index >= 15 is 0 Å². The van der Waals surface area contributed by atoms with E-state index < -0.39 is 5.97 Å². The van der Waals surface area contributed by atoms with Gasteiger partial charge < -0.3 is 10.0 Å². The van der Waals surface area contributed by atoms with E-state index in [2.05, 4.69) is 11.0 Å². The van der Waals surface area contributed by atoms with Crippen LogP contribution >= 0.6 is 24.0 Å². The lowest BCUT2D eigenvalue weighted by atomic mass is 10.0. The summed E-state index contributed by atoms with van der Waals surface area (Å²) in [6, 6.07) is 2.05. The highest BCUT2D eigenvalue weighted by atomic mass is 32.2. The second-order valence-corrected chi connectivity index (χ2v) is 9.51. The molecule has 2 saturated heterocycles. The van der Waals surface area contributed by atoms with Crippen LogP contribution in [-0.4, -0.2) is 50.4 Å². The molecule has 3 heterocycles. The standard InChI is InChI=1S/C22H26N4O4S2/c1-3-4-10-25-19(24-8-5-6-9-24)15(14(2)16(13-23)20(25)29)12-17-21(30)26(22(31)32-17)11-7-18(27)28/h12H,3-11H2,1-2H3,(H,27,28). The maximum Gasteiger partial charge on any atom is 0.305 e. The van der Waals surface area contributed by atoms with E-state index in [0.29, 0.717) is 26.9 Å². The summed E-state index contributed by atoms with van der Waals surface area (Å²) in [5.74, 6) is -0.608. The Morgan fingerprint density at radius 1 is 1.28 bits per heavy atom. The average Bonchev–Trinajstić information content (AvgIpc) is 3.36. The van der Waals surface area contributed by atoms with Gasteiger partial charge in [0.2, 0.25) is 0 Å². The van der Waals surface area contributed by atoms with Gasteiger partial charge in [-0.25, -0.2) is 0 Å². The number of unbranched alkanes of at least 4 members (excludes halogenated alkanes) is 1. The second kappa shape index (κ2) is 10.3. The van der Waals surface area contributed by atoms with Crippen LogP contribution in [-0.2, 0) is 16.1 Å². The van der Waals surface area contributed by atoms with Crippen molar-refractivity contribution in [3.8, 4) is 6.07 Å². The van der Waals surface area contributed by atoms with Crippen molar-refractivity contribution in [2.24, 2.45) is 0 Å². The van der Waals surface area contributed by atoms with Crippen molar-refractivity contribution in [1.29, 1.82) is 5.26 Å². The highest BCUT2D eigenvalue weighted by molar-refractivity contribution is 8.26. The summed E-state index contributed by atoms with van der Waals surface area (Å²) in [5.41, 5.74) is 1.00. The minimum Gasteiger partial charge on any atom is -0.481 e. The number of nitrogens with zero attached hydrogens (tertiary/aromatic N) is 4. The largest absolute Gasteiger partial charge is 0.481 e. The number of anilines is 1. The second-order valence-electron chi connectivity index (χ2n) is 7.83. The van der Waals surface area contributed by atoms with Crippen molar-refractivity contribution in [2.45, 2.75) is 52.5 Å². The van der Waals surface area contributed by atoms with Crippen molar-refractivity contribution in [2.75, 3.05) is 24.5 Å². The van der Waals surface area contributed by atoms with Gasteiger partial charge in [-0.3, -0.25) is 23.9 Å². The Labute approximate surface area is 196 Å². The highest BCUT2D eigenvalue weighted by Crippen LogP contribution is 2.36. The molecular formula is C22H26N4O4S2. The first kappa shape index (κ1) is 24.0. The van der Waals surface area contributed by atoms with Crippen LogP contribution in [0.1, 0.15) is 55.7 Å². The average molecular weight is 475 g/mol. The predicted molar refractivity (Wildman–Crippen MR) is 129 cm³/mol. The number of nitriles is 1. The third-order valence-corrected chi connectivity index (χ3v) is 7.06. The number of carboxylic acid groups (broad SMARTS) is 1. The van der Waals surface area contributed by atoms with E-state index in [0.717, 1.165) is 56.4 Å². The first-order valence-electron chi connectivity index (χ1n) is 10.7. The van der Waals surface area contributed by atoms with Crippen molar-refractivity contribution >= 4 is 52.1 Å². The number of carbonyl (C=O) groups is 2. The molecule has 0 aromatic carbocycles. The number of carbonyl (C=O) groups excluding carboxylic acids is 1. The molecular weight excluding hydrogens is 448 g/mol. The first-order chi connectivity index (χ1) is 15.3. The zero-order valence-electron chi connectivity index (χ0n) is 18.2. The summed E-state index contributed by atoms with van der Waals surface area (Å²) >= 11 is 6.42. The minimum absolute atomic E-state index is 0.00868. The molecule has 1 amide bonds. The van der Waals surface area contributed by atoms with Gasteiger partial charge in [-0.05, 0) is 37.8 Å². The Hall–Kier alpha value is -2.64. The van der Waals surface area contributed by atoms with Crippen molar-refractivity contribution < 1.29 is 14.7 Å². The van der Waals surface area contributed by atoms with Crippen LogP contribution in [0.5, 0.6) is 0 Å². The Morgan fingerprint density at radius 2 is 1.97 bits per heavy atom. The summed E-state index contributed by atoms with van der Waals surface area (Å²) in [5, 5.41) is 18.6. The number of rotatable bonds is 8. The van der Waals surface area contributed by atoms with Crippen LogP contribution in [0.3, 0.4) is 0 Å². The summed E-state index contributed by atoms with van der Waals surface area (Å²) in [4.78, 5) is 40.9. The maximum absolute atomic E-state index is 13.1. The molecule has 0 bridgehead atoms. The number of aliphatic carboxylic acids is 1. The van der Waals surface area contributed by atoms with E-state index in [-0.39, 0.29) is 30.0 Å². The molecule has 0 aliphatic carbocycles. The molecule has 3 rings (SSSR count). The van der Waals surface area contributed by atoms with Crippen LogP contribution in [0, 0.1) is 18.3 Å². The molecule has 1 aromatic rings. The molecule has 170 valence electrons. The Kier molecular flexibility index (Phi) is 7.74. The zero-order valence-corrected chi connectivity index (χ0v) is 19.9. The molecule has 0 spiro atoms. The monoisotopic (exact) mass is 474 g/mol. The van der Waals surface area contributed by atoms with Gasteiger partial charge in [0.25, 0.3) is 11.5 Å². The van der Waals surface area contributed by atoms with Crippen molar-refractivity contribution in [1.82, 2.24) is 9.47 Å². The van der Waals surface area contributed by atoms with E-state index in [1.165, 1.54) is 4.90 Å². The van der Waals surface area contributed by atoms with E-state index in [4.69, 9.17) is 17.3 Å². The molecule has 0 unspecified atom stereocenters. The molecule has 10 heteroatoms. The molecule has 0 atom stereocenters. The molecule has 1 N–H and O–H groups in total. The van der Waals surface area contributed by atoms with Crippen LogP contribution < -0.4 is 10.5 Å². The Morgan fingerprint density at radius 3 is 2.56 bits per heavy atom. The van der Waals surface area contributed by atoms with Gasteiger partial charge in [0.05, 0.1) is 11.3 Å².